The van der Waals surface area contributed by atoms with E-state index < -0.39 is 21.5 Å². The molecule has 0 saturated heterocycles. The lowest BCUT2D eigenvalue weighted by Crippen LogP contribution is -2.31. The fourth-order valence-corrected chi connectivity index (χ4v) is 2.63. The molecule has 1 aliphatic rings. The van der Waals surface area contributed by atoms with Crippen molar-refractivity contribution in [1.29, 1.82) is 0 Å². The van der Waals surface area contributed by atoms with Crippen LogP contribution in [-0.2, 0) is 23.1 Å². The first kappa shape index (κ1) is 16.3. The number of nitrogens with zero attached hydrogens (tertiary/aromatic N) is 3. The summed E-state index contributed by atoms with van der Waals surface area (Å²) < 4.78 is 63.8. The van der Waals surface area contributed by atoms with Crippen LogP contribution in [0.4, 0.5) is 13.2 Å². The molecule has 0 radical (unpaired) electrons. The molecule has 21 heavy (non-hydrogen) atoms. The zero-order valence-corrected chi connectivity index (χ0v) is 12.8. The van der Waals surface area contributed by atoms with E-state index in [1.807, 2.05) is 11.9 Å². The highest BCUT2D eigenvalue weighted by atomic mass is 32.2. The van der Waals surface area contributed by atoms with Gasteiger partial charge >= 0.3 is 15.6 Å². The number of likely N-dealkylation sites (N-methyl/N-ethyl adjacent to an activating group) is 1. The van der Waals surface area contributed by atoms with Gasteiger partial charge in [-0.25, -0.2) is 4.98 Å². The van der Waals surface area contributed by atoms with Crippen molar-refractivity contribution in [3.05, 3.63) is 11.3 Å². The van der Waals surface area contributed by atoms with Gasteiger partial charge in [-0.1, -0.05) is 11.8 Å². The van der Waals surface area contributed by atoms with Crippen LogP contribution >= 0.6 is 11.8 Å². The molecule has 118 valence electrons. The number of rotatable bonds is 3. The highest BCUT2D eigenvalue weighted by molar-refractivity contribution is 7.98. The number of halogens is 3. The van der Waals surface area contributed by atoms with E-state index in [9.17, 15) is 21.6 Å². The molecule has 0 aromatic carbocycles. The quantitative estimate of drug-likeness (QED) is 0.356. The predicted octanol–water partition coefficient (Wildman–Crippen LogP) is 1.41. The van der Waals surface area contributed by atoms with Crippen molar-refractivity contribution in [3.63, 3.8) is 0 Å². The molecular weight excluding hydrogens is 331 g/mol. The molecule has 2 rings (SSSR count). The number of aromatic nitrogens is 2. The molecule has 0 N–H and O–H groups in total. The lowest BCUT2D eigenvalue weighted by molar-refractivity contribution is -0.0502. The minimum atomic E-state index is -5.74. The van der Waals surface area contributed by atoms with Gasteiger partial charge in [0.25, 0.3) is 0 Å². The molecule has 0 unspecified atom stereocenters. The van der Waals surface area contributed by atoms with E-state index in [2.05, 4.69) is 14.2 Å². The molecule has 1 aliphatic heterocycles. The van der Waals surface area contributed by atoms with E-state index >= 15 is 0 Å². The van der Waals surface area contributed by atoms with Crippen LogP contribution in [0.3, 0.4) is 0 Å². The van der Waals surface area contributed by atoms with E-state index in [0.717, 1.165) is 11.8 Å². The zero-order valence-electron chi connectivity index (χ0n) is 11.1. The topological polar surface area (TPSA) is 72.4 Å². The molecule has 6 nitrogen and oxygen atoms in total. The van der Waals surface area contributed by atoms with Crippen LogP contribution in [0, 0.1) is 0 Å². The first-order chi connectivity index (χ1) is 9.64. The van der Waals surface area contributed by atoms with Gasteiger partial charge in [0.1, 0.15) is 0 Å². The summed E-state index contributed by atoms with van der Waals surface area (Å²) in [6.45, 7) is 0.950. The average molecular weight is 343 g/mol. The monoisotopic (exact) mass is 343 g/mol. The first-order valence-electron chi connectivity index (χ1n) is 5.77. The van der Waals surface area contributed by atoms with Crippen LogP contribution in [0.1, 0.15) is 11.3 Å². The van der Waals surface area contributed by atoms with Crippen molar-refractivity contribution in [3.8, 4) is 5.88 Å². The standard InChI is InChI=1S/C10H12F3N3O3S2/c1-16-4-3-6-7(5-16)14-9(20-2)15-8(6)19-21(17,18)10(11,12)13/h3-5H2,1-2H3. The maximum absolute atomic E-state index is 12.4. The Kier molecular flexibility index (Phi) is 4.36. The number of fused-ring (bicyclic) bond motifs is 1. The molecule has 1 aromatic heterocycles. The summed E-state index contributed by atoms with van der Waals surface area (Å²) in [5.41, 5.74) is -4.70. The Labute approximate surface area is 123 Å². The van der Waals surface area contributed by atoms with E-state index in [4.69, 9.17) is 0 Å². The summed E-state index contributed by atoms with van der Waals surface area (Å²) in [7, 11) is -3.91. The fourth-order valence-electron chi connectivity index (χ4n) is 1.82. The third-order valence-electron chi connectivity index (χ3n) is 2.85. The van der Waals surface area contributed by atoms with Crippen molar-refractivity contribution >= 4 is 21.9 Å². The van der Waals surface area contributed by atoms with Crippen LogP contribution < -0.4 is 4.18 Å². The largest absolute Gasteiger partial charge is 0.534 e. The molecular formula is C10H12F3N3O3S2. The van der Waals surface area contributed by atoms with Crippen LogP contribution in [0.25, 0.3) is 0 Å². The Morgan fingerprint density at radius 1 is 1.33 bits per heavy atom. The number of thioether (sulfide) groups is 1. The van der Waals surface area contributed by atoms with Crippen LogP contribution in [-0.4, -0.2) is 48.6 Å². The predicted molar refractivity (Wildman–Crippen MR) is 69.5 cm³/mol. The van der Waals surface area contributed by atoms with Crippen molar-refractivity contribution in [2.24, 2.45) is 0 Å². The van der Waals surface area contributed by atoms with E-state index in [1.165, 1.54) is 0 Å². The first-order valence-corrected chi connectivity index (χ1v) is 8.40. The van der Waals surface area contributed by atoms with E-state index in [1.54, 1.807) is 6.26 Å². The van der Waals surface area contributed by atoms with Crippen molar-refractivity contribution in [1.82, 2.24) is 14.9 Å². The summed E-state index contributed by atoms with van der Waals surface area (Å²) in [5, 5.41) is 0.163. The third kappa shape index (κ3) is 3.40. The second-order valence-electron chi connectivity index (χ2n) is 4.41. The third-order valence-corrected chi connectivity index (χ3v) is 4.34. The molecule has 0 spiro atoms. The Balaban J connectivity index is 2.47. The number of hydrogen-bond acceptors (Lipinski definition) is 7. The SMILES string of the molecule is CSc1nc2c(c(OS(=O)(=O)C(F)(F)F)n1)CCN(C)C2. The normalized spacial score (nSPS) is 16.6. The van der Waals surface area contributed by atoms with Crippen LogP contribution in [0.2, 0.25) is 0 Å². The highest BCUT2D eigenvalue weighted by Crippen LogP contribution is 2.31. The van der Waals surface area contributed by atoms with Gasteiger partial charge in [0.15, 0.2) is 5.16 Å². The van der Waals surface area contributed by atoms with E-state index in [-0.39, 0.29) is 5.16 Å². The van der Waals surface area contributed by atoms with Crippen LogP contribution in [0.15, 0.2) is 5.16 Å². The summed E-state index contributed by atoms with van der Waals surface area (Å²) in [5.74, 6) is -0.533. The van der Waals surface area contributed by atoms with Crippen molar-refractivity contribution in [2.75, 3.05) is 19.8 Å². The minimum Gasteiger partial charge on any atom is -0.355 e. The summed E-state index contributed by atoms with van der Waals surface area (Å²) in [4.78, 5) is 9.87. The fraction of sp³-hybridized carbons (Fsp3) is 0.600. The molecule has 1 aromatic rings. The molecule has 0 aliphatic carbocycles. The molecule has 0 saturated carbocycles. The van der Waals surface area contributed by atoms with Gasteiger partial charge in [-0.2, -0.15) is 26.6 Å². The maximum atomic E-state index is 12.4. The van der Waals surface area contributed by atoms with Gasteiger partial charge in [0, 0.05) is 18.7 Å². The summed E-state index contributed by atoms with van der Waals surface area (Å²) in [6.07, 6.45) is 1.96. The Morgan fingerprint density at radius 2 is 2.00 bits per heavy atom. The Morgan fingerprint density at radius 3 is 2.57 bits per heavy atom. The smallest absolute Gasteiger partial charge is 0.355 e. The molecule has 0 atom stereocenters. The Bertz CT molecular complexity index is 649. The molecule has 0 bridgehead atoms. The second kappa shape index (κ2) is 5.61. The maximum Gasteiger partial charge on any atom is 0.534 e. The average Bonchev–Trinajstić information content (AvgIpc) is 2.36. The van der Waals surface area contributed by atoms with Gasteiger partial charge in [-0.3, -0.25) is 0 Å². The van der Waals surface area contributed by atoms with E-state index in [0.29, 0.717) is 30.8 Å². The van der Waals surface area contributed by atoms with Gasteiger partial charge < -0.3 is 9.08 Å². The molecule has 0 amide bonds. The highest BCUT2D eigenvalue weighted by Gasteiger charge is 2.49. The Hall–Kier alpha value is -1.07. The number of alkyl halides is 3. The van der Waals surface area contributed by atoms with Gasteiger partial charge in [-0.15, -0.1) is 0 Å². The molecule has 0 fully saturated rings. The molecule has 11 heteroatoms. The van der Waals surface area contributed by atoms with Crippen LogP contribution in [0.5, 0.6) is 5.88 Å². The zero-order chi connectivity index (χ0) is 15.8. The summed E-state index contributed by atoms with van der Waals surface area (Å²) in [6, 6.07) is 0. The van der Waals surface area contributed by atoms with Gasteiger partial charge in [0.05, 0.1) is 5.69 Å². The van der Waals surface area contributed by atoms with Crippen molar-refractivity contribution in [2.45, 2.75) is 23.6 Å². The minimum absolute atomic E-state index is 0.163. The van der Waals surface area contributed by atoms with Gasteiger partial charge in [-0.05, 0) is 19.7 Å². The van der Waals surface area contributed by atoms with Crippen molar-refractivity contribution < 1.29 is 25.8 Å². The lowest BCUT2D eigenvalue weighted by atomic mass is 10.1. The number of hydrogen-bond donors (Lipinski definition) is 0. The van der Waals surface area contributed by atoms with Gasteiger partial charge in [0.2, 0.25) is 5.88 Å². The lowest BCUT2D eigenvalue weighted by Gasteiger charge is -2.25. The second-order valence-corrected chi connectivity index (χ2v) is 6.72. The summed E-state index contributed by atoms with van der Waals surface area (Å²) >= 11 is 1.09. The molecule has 2 heterocycles.